The number of likely N-dealkylation sites (tertiary alicyclic amines) is 1. The molecule has 0 spiro atoms. The second kappa shape index (κ2) is 17.4. The number of carbonyl (C=O) groups is 4. The maximum Gasteiger partial charge on any atom is 0.408 e. The first-order chi connectivity index (χ1) is 24.2. The Morgan fingerprint density at radius 2 is 1.67 bits per heavy atom. The first-order valence-electron chi connectivity index (χ1n) is 17.0. The summed E-state index contributed by atoms with van der Waals surface area (Å²) >= 11 is 0. The van der Waals surface area contributed by atoms with E-state index < -0.39 is 47.4 Å². The summed E-state index contributed by atoms with van der Waals surface area (Å²) in [6, 6.07) is 16.3. The SMILES string of the molecule is COC(O)C[C@@H]1CCCN1C(=O)C(c1ccccc1)n1cc(NC(=O)[C@@H](COCc2ccccc2)NC(=O)C(C)(C)NC(=O)OC(C)(C)C)cn1. The molecule has 0 radical (unpaired) electrons. The summed E-state index contributed by atoms with van der Waals surface area (Å²) in [5.41, 5.74) is -0.358. The second-order valence-corrected chi connectivity index (χ2v) is 14.0. The van der Waals surface area contributed by atoms with Gasteiger partial charge < -0.3 is 40.2 Å². The van der Waals surface area contributed by atoms with Crippen molar-refractivity contribution in [2.24, 2.45) is 0 Å². The van der Waals surface area contributed by atoms with Crippen LogP contribution >= 0.6 is 0 Å². The highest BCUT2D eigenvalue weighted by atomic mass is 16.6. The van der Waals surface area contributed by atoms with Gasteiger partial charge in [0.25, 0.3) is 5.91 Å². The third kappa shape index (κ3) is 11.4. The third-order valence-corrected chi connectivity index (χ3v) is 8.29. The summed E-state index contributed by atoms with van der Waals surface area (Å²) in [4.78, 5) is 55.5. The van der Waals surface area contributed by atoms with E-state index in [1.54, 1.807) is 31.9 Å². The molecular formula is C37H50N6O8. The average Bonchev–Trinajstić information content (AvgIpc) is 3.73. The molecule has 1 saturated heterocycles. The largest absolute Gasteiger partial charge is 0.444 e. The van der Waals surface area contributed by atoms with Gasteiger partial charge in [0, 0.05) is 32.3 Å². The van der Waals surface area contributed by atoms with E-state index in [-0.39, 0.29) is 37.3 Å². The Balaban J connectivity index is 1.53. The van der Waals surface area contributed by atoms with Crippen LogP contribution < -0.4 is 16.0 Å². The topological polar surface area (TPSA) is 173 Å². The molecule has 4 N–H and O–H groups in total. The molecule has 14 heteroatoms. The standard InChI is InChI=1S/C37H50N6O8/c1-36(2,3)51-35(48)41-37(4,5)34(47)40-29(24-50-23-25-14-9-7-10-15-25)32(45)39-27-21-38-43(22-27)31(26-16-11-8-12-17-26)33(46)42-19-13-18-28(42)20-30(44)49-6/h7-12,14-17,21-22,28-31,44H,13,18-20,23-24H2,1-6H3,(H,39,45)(H,40,47)(H,41,48)/t28-,29+,30?,31?/m0/s1. The van der Waals surface area contributed by atoms with Crippen molar-refractivity contribution in [2.75, 3.05) is 25.6 Å². The van der Waals surface area contributed by atoms with E-state index in [0.717, 1.165) is 18.4 Å². The summed E-state index contributed by atoms with van der Waals surface area (Å²) in [5, 5.41) is 22.7. The number of alkyl carbamates (subject to hydrolysis) is 1. The van der Waals surface area contributed by atoms with Crippen molar-refractivity contribution >= 4 is 29.5 Å². The van der Waals surface area contributed by atoms with E-state index >= 15 is 0 Å². The average molecular weight is 707 g/mol. The van der Waals surface area contributed by atoms with Crippen molar-refractivity contribution in [3.8, 4) is 0 Å². The monoisotopic (exact) mass is 706 g/mol. The fourth-order valence-electron chi connectivity index (χ4n) is 5.68. The van der Waals surface area contributed by atoms with Crippen molar-refractivity contribution in [3.05, 3.63) is 84.2 Å². The summed E-state index contributed by atoms with van der Waals surface area (Å²) in [5.74, 6) is -1.44. The molecule has 14 nitrogen and oxygen atoms in total. The number of carbonyl (C=O) groups excluding carboxylic acids is 4. The normalized spacial score (nSPS) is 16.5. The molecule has 4 rings (SSSR count). The molecule has 2 aromatic carbocycles. The molecule has 4 atom stereocenters. The van der Waals surface area contributed by atoms with Crippen LogP contribution in [0.25, 0.3) is 0 Å². The van der Waals surface area contributed by atoms with Crippen LogP contribution in [0.2, 0.25) is 0 Å². The summed E-state index contributed by atoms with van der Waals surface area (Å²) in [6.07, 6.45) is 3.02. The molecule has 1 fully saturated rings. The zero-order valence-electron chi connectivity index (χ0n) is 30.1. The van der Waals surface area contributed by atoms with Gasteiger partial charge in [0.1, 0.15) is 17.2 Å². The van der Waals surface area contributed by atoms with Crippen LogP contribution in [-0.4, -0.2) is 93.4 Å². The van der Waals surface area contributed by atoms with Gasteiger partial charge in [-0.15, -0.1) is 0 Å². The highest BCUT2D eigenvalue weighted by Crippen LogP contribution is 2.29. The van der Waals surface area contributed by atoms with Crippen LogP contribution in [-0.2, 0) is 35.2 Å². The number of nitrogens with zero attached hydrogens (tertiary/aromatic N) is 3. The molecular weight excluding hydrogens is 656 g/mol. The number of aliphatic hydroxyl groups excluding tert-OH is 1. The fourth-order valence-corrected chi connectivity index (χ4v) is 5.68. The fraction of sp³-hybridized carbons (Fsp3) is 0.486. The first-order valence-corrected chi connectivity index (χ1v) is 17.0. The van der Waals surface area contributed by atoms with Gasteiger partial charge in [0.2, 0.25) is 11.8 Å². The predicted octanol–water partition coefficient (Wildman–Crippen LogP) is 3.76. The van der Waals surface area contributed by atoms with Gasteiger partial charge in [-0.2, -0.15) is 5.10 Å². The van der Waals surface area contributed by atoms with Gasteiger partial charge >= 0.3 is 6.09 Å². The Morgan fingerprint density at radius 3 is 2.31 bits per heavy atom. The lowest BCUT2D eigenvalue weighted by molar-refractivity contribution is -0.137. The van der Waals surface area contributed by atoms with Gasteiger partial charge in [-0.05, 0) is 58.6 Å². The predicted molar refractivity (Wildman–Crippen MR) is 189 cm³/mol. The van der Waals surface area contributed by atoms with Crippen molar-refractivity contribution in [1.82, 2.24) is 25.3 Å². The van der Waals surface area contributed by atoms with Crippen LogP contribution in [0.5, 0.6) is 0 Å². The number of hydrogen-bond donors (Lipinski definition) is 4. The van der Waals surface area contributed by atoms with Gasteiger partial charge in [-0.25, -0.2) is 4.79 Å². The smallest absolute Gasteiger partial charge is 0.408 e. The van der Waals surface area contributed by atoms with E-state index in [9.17, 15) is 24.3 Å². The molecule has 0 saturated carbocycles. The molecule has 3 aromatic rings. The zero-order chi connectivity index (χ0) is 37.2. The van der Waals surface area contributed by atoms with Crippen LogP contribution in [0, 0.1) is 0 Å². The minimum atomic E-state index is -1.44. The molecule has 4 amide bonds. The number of aliphatic hydroxyl groups is 1. The number of aromatic nitrogens is 2. The number of hydrogen-bond acceptors (Lipinski definition) is 9. The summed E-state index contributed by atoms with van der Waals surface area (Å²) < 4.78 is 17.7. The number of ether oxygens (including phenoxy) is 3. The Hall–Kier alpha value is -4.79. The molecule has 0 bridgehead atoms. The third-order valence-electron chi connectivity index (χ3n) is 8.29. The summed E-state index contributed by atoms with van der Waals surface area (Å²) in [6.45, 7) is 8.66. The van der Waals surface area contributed by atoms with Gasteiger partial charge in [-0.3, -0.25) is 19.1 Å². The minimum absolute atomic E-state index is 0.183. The number of nitrogens with one attached hydrogen (secondary N) is 3. The second-order valence-electron chi connectivity index (χ2n) is 14.0. The Kier molecular flexibility index (Phi) is 13.3. The molecule has 1 aliphatic heterocycles. The van der Waals surface area contributed by atoms with Crippen LogP contribution in [0.4, 0.5) is 10.5 Å². The van der Waals surface area contributed by atoms with Crippen LogP contribution in [0.1, 0.15) is 71.0 Å². The number of benzene rings is 2. The lowest BCUT2D eigenvalue weighted by atomic mass is 10.0. The highest BCUT2D eigenvalue weighted by molar-refractivity contribution is 5.99. The quantitative estimate of drug-likeness (QED) is 0.172. The van der Waals surface area contributed by atoms with E-state index in [2.05, 4.69) is 21.0 Å². The molecule has 2 heterocycles. The van der Waals surface area contributed by atoms with Crippen molar-refractivity contribution in [3.63, 3.8) is 0 Å². The van der Waals surface area contributed by atoms with E-state index in [1.807, 2.05) is 60.7 Å². The van der Waals surface area contributed by atoms with Crippen molar-refractivity contribution in [2.45, 2.75) is 96.0 Å². The van der Waals surface area contributed by atoms with Crippen LogP contribution in [0.3, 0.4) is 0 Å². The maximum absolute atomic E-state index is 14.1. The number of methoxy groups -OCH3 is 1. The van der Waals surface area contributed by atoms with E-state index in [4.69, 9.17) is 14.2 Å². The first kappa shape index (κ1) is 39.0. The lowest BCUT2D eigenvalue weighted by Crippen LogP contribution is -2.59. The Bertz CT molecular complexity index is 1610. The molecule has 2 unspecified atom stereocenters. The van der Waals surface area contributed by atoms with Crippen molar-refractivity contribution < 1.29 is 38.5 Å². The van der Waals surface area contributed by atoms with Gasteiger partial charge in [0.05, 0.1) is 25.1 Å². The molecule has 1 aromatic heterocycles. The van der Waals surface area contributed by atoms with Gasteiger partial charge in [-0.1, -0.05) is 60.7 Å². The van der Waals surface area contributed by atoms with Crippen LogP contribution in [0.15, 0.2) is 73.1 Å². The van der Waals surface area contributed by atoms with Gasteiger partial charge in [0.15, 0.2) is 12.3 Å². The van der Waals surface area contributed by atoms with E-state index in [0.29, 0.717) is 12.1 Å². The highest BCUT2D eigenvalue weighted by Gasteiger charge is 2.37. The number of rotatable bonds is 15. The lowest BCUT2D eigenvalue weighted by Gasteiger charge is -2.30. The molecule has 51 heavy (non-hydrogen) atoms. The number of anilines is 1. The summed E-state index contributed by atoms with van der Waals surface area (Å²) in [7, 11) is 1.42. The minimum Gasteiger partial charge on any atom is -0.444 e. The zero-order valence-corrected chi connectivity index (χ0v) is 30.1. The van der Waals surface area contributed by atoms with E-state index in [1.165, 1.54) is 31.8 Å². The molecule has 0 aliphatic carbocycles. The van der Waals surface area contributed by atoms with Crippen molar-refractivity contribution in [1.29, 1.82) is 0 Å². The molecule has 1 aliphatic rings. The number of amides is 4. The molecule has 276 valence electrons. The Labute approximate surface area is 298 Å². The Morgan fingerprint density at radius 1 is 1.00 bits per heavy atom. The maximum atomic E-state index is 14.1.